The zero-order valence-corrected chi connectivity index (χ0v) is 6.85. The van der Waals surface area contributed by atoms with E-state index in [-0.39, 0.29) is 0 Å². The van der Waals surface area contributed by atoms with Crippen LogP contribution in [-0.4, -0.2) is 4.98 Å². The van der Waals surface area contributed by atoms with Crippen molar-refractivity contribution in [1.82, 2.24) is 4.98 Å². The van der Waals surface area contributed by atoms with Gasteiger partial charge in [0.1, 0.15) is 11.1 Å². The number of aryl methyl sites for hydroxylation is 1. The van der Waals surface area contributed by atoms with E-state index in [1.54, 1.807) is 12.1 Å². The maximum atomic E-state index is 8.58. The summed E-state index contributed by atoms with van der Waals surface area (Å²) in [6.07, 6.45) is 0. The van der Waals surface area contributed by atoms with Crippen LogP contribution >= 0.6 is 11.9 Å². The molecule has 0 aliphatic rings. The molecule has 0 aliphatic carbocycles. The molecule has 1 heterocycles. The van der Waals surface area contributed by atoms with Crippen molar-refractivity contribution in [1.29, 1.82) is 5.26 Å². The van der Waals surface area contributed by atoms with Crippen molar-refractivity contribution in [2.24, 2.45) is 5.14 Å². The second-order valence-electron chi connectivity index (χ2n) is 2.04. The third-order valence-electron chi connectivity index (χ3n) is 1.23. The van der Waals surface area contributed by atoms with Crippen LogP contribution in [-0.2, 0) is 0 Å². The zero-order chi connectivity index (χ0) is 8.27. The van der Waals surface area contributed by atoms with Crippen molar-refractivity contribution in [3.8, 4) is 6.07 Å². The molecule has 0 atom stereocenters. The van der Waals surface area contributed by atoms with Gasteiger partial charge in [0.2, 0.25) is 0 Å². The van der Waals surface area contributed by atoms with Gasteiger partial charge in [-0.05, 0) is 31.0 Å². The first-order valence-corrected chi connectivity index (χ1v) is 3.90. The standard InChI is InChI=1S/C7H7N3S/c1-5-2-3-6(4-8)7(10-5)11-9/h2-3H,9H2,1H3. The normalized spacial score (nSPS) is 9.18. The van der Waals surface area contributed by atoms with E-state index in [0.29, 0.717) is 10.6 Å². The Morgan fingerprint density at radius 1 is 1.64 bits per heavy atom. The number of hydrogen-bond donors (Lipinski definition) is 1. The Kier molecular flexibility index (Phi) is 2.47. The molecule has 0 radical (unpaired) electrons. The molecule has 1 rings (SSSR count). The van der Waals surface area contributed by atoms with Crippen molar-refractivity contribution in [3.63, 3.8) is 0 Å². The second-order valence-corrected chi connectivity index (χ2v) is 2.66. The highest BCUT2D eigenvalue weighted by molar-refractivity contribution is 7.97. The molecule has 56 valence electrons. The largest absolute Gasteiger partial charge is 0.272 e. The number of pyridine rings is 1. The second kappa shape index (κ2) is 3.37. The first-order valence-electron chi connectivity index (χ1n) is 3.02. The Bertz CT molecular complexity index is 303. The number of nitrogens with zero attached hydrogens (tertiary/aromatic N) is 2. The Morgan fingerprint density at radius 2 is 2.36 bits per heavy atom. The average molecular weight is 165 g/mol. The Labute approximate surface area is 69.4 Å². The molecule has 2 N–H and O–H groups in total. The highest BCUT2D eigenvalue weighted by Crippen LogP contribution is 2.14. The van der Waals surface area contributed by atoms with Crippen molar-refractivity contribution < 1.29 is 0 Å². The quantitative estimate of drug-likeness (QED) is 0.636. The minimum absolute atomic E-state index is 0.531. The fourth-order valence-corrected chi connectivity index (χ4v) is 1.15. The minimum atomic E-state index is 0.531. The highest BCUT2D eigenvalue weighted by atomic mass is 32.2. The summed E-state index contributed by atoms with van der Waals surface area (Å²) in [5.41, 5.74) is 1.40. The molecule has 0 bridgehead atoms. The first-order chi connectivity index (χ1) is 5.27. The van der Waals surface area contributed by atoms with E-state index < -0.39 is 0 Å². The van der Waals surface area contributed by atoms with E-state index in [2.05, 4.69) is 4.98 Å². The summed E-state index contributed by atoms with van der Waals surface area (Å²) in [4.78, 5) is 4.08. The summed E-state index contributed by atoms with van der Waals surface area (Å²) >= 11 is 1.00. The molecule has 0 aliphatic heterocycles. The van der Waals surface area contributed by atoms with Crippen LogP contribution in [0.15, 0.2) is 17.2 Å². The van der Waals surface area contributed by atoms with E-state index in [9.17, 15) is 0 Å². The van der Waals surface area contributed by atoms with Gasteiger partial charge in [0, 0.05) is 5.69 Å². The van der Waals surface area contributed by atoms with Crippen molar-refractivity contribution >= 4 is 11.9 Å². The van der Waals surface area contributed by atoms with Gasteiger partial charge in [-0.1, -0.05) is 0 Å². The van der Waals surface area contributed by atoms with Crippen LogP contribution in [0.2, 0.25) is 0 Å². The molecule has 0 spiro atoms. The monoisotopic (exact) mass is 165 g/mol. The Morgan fingerprint density at radius 3 is 2.91 bits per heavy atom. The Hall–Kier alpha value is -1.05. The SMILES string of the molecule is Cc1ccc(C#N)c(SN)n1. The molecule has 0 amide bonds. The van der Waals surface area contributed by atoms with Crippen molar-refractivity contribution in [2.75, 3.05) is 0 Å². The molecule has 1 aromatic heterocycles. The molecular formula is C7H7N3S. The van der Waals surface area contributed by atoms with Crippen LogP contribution in [0.1, 0.15) is 11.3 Å². The lowest BCUT2D eigenvalue weighted by Crippen LogP contribution is -1.91. The van der Waals surface area contributed by atoms with E-state index >= 15 is 0 Å². The maximum Gasteiger partial charge on any atom is 0.129 e. The summed E-state index contributed by atoms with van der Waals surface area (Å²) in [5, 5.41) is 14.5. The van der Waals surface area contributed by atoms with Gasteiger partial charge in [0.25, 0.3) is 0 Å². The topological polar surface area (TPSA) is 62.7 Å². The van der Waals surface area contributed by atoms with Crippen LogP contribution < -0.4 is 5.14 Å². The van der Waals surface area contributed by atoms with Gasteiger partial charge >= 0.3 is 0 Å². The molecule has 4 heteroatoms. The Balaban J connectivity index is 3.19. The van der Waals surface area contributed by atoms with Gasteiger partial charge < -0.3 is 0 Å². The smallest absolute Gasteiger partial charge is 0.129 e. The lowest BCUT2D eigenvalue weighted by Gasteiger charge is -1.98. The third-order valence-corrected chi connectivity index (χ3v) is 1.77. The molecule has 0 aromatic carbocycles. The summed E-state index contributed by atoms with van der Waals surface area (Å²) < 4.78 is 0. The summed E-state index contributed by atoms with van der Waals surface area (Å²) in [5.74, 6) is 0. The molecule has 3 nitrogen and oxygen atoms in total. The molecule has 0 unspecified atom stereocenters. The molecule has 0 saturated carbocycles. The molecule has 1 aromatic rings. The number of nitriles is 1. The van der Waals surface area contributed by atoms with Crippen LogP contribution in [0.5, 0.6) is 0 Å². The average Bonchev–Trinajstić information content (AvgIpc) is 2.04. The minimum Gasteiger partial charge on any atom is -0.272 e. The van der Waals surface area contributed by atoms with E-state index in [1.165, 1.54) is 0 Å². The fraction of sp³-hybridized carbons (Fsp3) is 0.143. The first kappa shape index (κ1) is 8.05. The van der Waals surface area contributed by atoms with Gasteiger partial charge in [-0.3, -0.25) is 5.14 Å². The lowest BCUT2D eigenvalue weighted by molar-refractivity contribution is 1.05. The van der Waals surface area contributed by atoms with Crippen LogP contribution in [0.3, 0.4) is 0 Å². The number of rotatable bonds is 1. The van der Waals surface area contributed by atoms with Gasteiger partial charge in [-0.2, -0.15) is 5.26 Å². The zero-order valence-electron chi connectivity index (χ0n) is 6.03. The van der Waals surface area contributed by atoms with Crippen LogP contribution in [0.25, 0.3) is 0 Å². The lowest BCUT2D eigenvalue weighted by atomic mass is 10.3. The van der Waals surface area contributed by atoms with E-state index in [1.807, 2.05) is 13.0 Å². The van der Waals surface area contributed by atoms with Crippen LogP contribution in [0, 0.1) is 18.3 Å². The van der Waals surface area contributed by atoms with Crippen LogP contribution in [0.4, 0.5) is 0 Å². The molecule has 11 heavy (non-hydrogen) atoms. The van der Waals surface area contributed by atoms with E-state index in [4.69, 9.17) is 10.4 Å². The highest BCUT2D eigenvalue weighted by Gasteiger charge is 2.01. The van der Waals surface area contributed by atoms with E-state index in [0.717, 1.165) is 17.6 Å². The predicted octanol–water partition coefficient (Wildman–Crippen LogP) is 1.23. The van der Waals surface area contributed by atoms with Crippen molar-refractivity contribution in [3.05, 3.63) is 23.4 Å². The van der Waals surface area contributed by atoms with Crippen molar-refractivity contribution in [2.45, 2.75) is 11.9 Å². The number of aromatic nitrogens is 1. The van der Waals surface area contributed by atoms with Gasteiger partial charge in [-0.25, -0.2) is 4.98 Å². The van der Waals surface area contributed by atoms with Gasteiger partial charge in [-0.15, -0.1) is 0 Å². The third kappa shape index (κ3) is 1.70. The summed E-state index contributed by atoms with van der Waals surface area (Å²) in [7, 11) is 0. The fourth-order valence-electron chi connectivity index (χ4n) is 0.708. The van der Waals surface area contributed by atoms with Gasteiger partial charge in [0.05, 0.1) is 5.56 Å². The number of hydrogen-bond acceptors (Lipinski definition) is 4. The molecule has 0 saturated heterocycles. The summed E-state index contributed by atoms with van der Waals surface area (Å²) in [6, 6.07) is 5.52. The van der Waals surface area contributed by atoms with Gasteiger partial charge in [0.15, 0.2) is 0 Å². The predicted molar refractivity (Wildman–Crippen MR) is 43.7 cm³/mol. The molecule has 0 fully saturated rings. The number of nitrogens with two attached hydrogens (primary N) is 1. The summed E-state index contributed by atoms with van der Waals surface area (Å²) in [6.45, 7) is 1.86. The maximum absolute atomic E-state index is 8.58. The molecular weight excluding hydrogens is 158 g/mol.